The molecule has 0 heterocycles. The molecule has 0 unspecified atom stereocenters. The summed E-state index contributed by atoms with van der Waals surface area (Å²) in [5.74, 6) is 0. The van der Waals surface area contributed by atoms with Gasteiger partial charge in [-0.25, -0.2) is 0 Å². The largest absolute Gasteiger partial charge is 0.292 e. The standard InChI is InChI=1S/C11H12BrN/c1-13-10-7-3-5-8-4-2-6-9(12)11(8)10/h2,4,6H,3,5,7H2,1H3. The van der Waals surface area contributed by atoms with Gasteiger partial charge in [0.2, 0.25) is 0 Å². The summed E-state index contributed by atoms with van der Waals surface area (Å²) in [6, 6.07) is 6.39. The van der Waals surface area contributed by atoms with Gasteiger partial charge in [0.05, 0.1) is 0 Å². The molecule has 1 aliphatic carbocycles. The summed E-state index contributed by atoms with van der Waals surface area (Å²) in [7, 11) is 1.88. The molecule has 0 amide bonds. The number of benzene rings is 1. The zero-order chi connectivity index (χ0) is 9.26. The lowest BCUT2D eigenvalue weighted by molar-refractivity contribution is 0.836. The molecule has 0 atom stereocenters. The molecule has 0 spiro atoms. The first-order valence-corrected chi connectivity index (χ1v) is 5.35. The third-order valence-corrected chi connectivity index (χ3v) is 3.18. The van der Waals surface area contributed by atoms with E-state index in [0.717, 1.165) is 6.42 Å². The maximum Gasteiger partial charge on any atom is 0.0431 e. The van der Waals surface area contributed by atoms with Crippen molar-refractivity contribution in [1.29, 1.82) is 0 Å². The van der Waals surface area contributed by atoms with Gasteiger partial charge in [-0.15, -0.1) is 0 Å². The van der Waals surface area contributed by atoms with Gasteiger partial charge in [-0.3, -0.25) is 4.99 Å². The van der Waals surface area contributed by atoms with Crippen LogP contribution in [0.2, 0.25) is 0 Å². The van der Waals surface area contributed by atoms with Crippen molar-refractivity contribution in [2.75, 3.05) is 7.05 Å². The normalized spacial score (nSPS) is 18.8. The molecule has 0 N–H and O–H groups in total. The smallest absolute Gasteiger partial charge is 0.0431 e. The number of nitrogens with zero attached hydrogens (tertiary/aromatic N) is 1. The molecular formula is C11H12BrN. The second-order valence-corrected chi connectivity index (χ2v) is 4.15. The second kappa shape index (κ2) is 3.62. The van der Waals surface area contributed by atoms with E-state index in [-0.39, 0.29) is 0 Å². The molecule has 0 saturated carbocycles. The van der Waals surface area contributed by atoms with Crippen molar-refractivity contribution in [2.45, 2.75) is 19.3 Å². The Morgan fingerprint density at radius 3 is 2.92 bits per heavy atom. The van der Waals surface area contributed by atoms with Crippen LogP contribution in [0.25, 0.3) is 0 Å². The van der Waals surface area contributed by atoms with Crippen molar-refractivity contribution in [3.05, 3.63) is 33.8 Å². The highest BCUT2D eigenvalue weighted by molar-refractivity contribution is 9.10. The molecule has 1 aromatic rings. The molecule has 1 aromatic carbocycles. The summed E-state index contributed by atoms with van der Waals surface area (Å²) >= 11 is 3.58. The molecule has 0 aromatic heterocycles. The number of halogens is 1. The Bertz CT molecular complexity index is 355. The van der Waals surface area contributed by atoms with Gasteiger partial charge in [0.25, 0.3) is 0 Å². The topological polar surface area (TPSA) is 12.4 Å². The summed E-state index contributed by atoms with van der Waals surface area (Å²) in [5.41, 5.74) is 4.01. The van der Waals surface area contributed by atoms with Gasteiger partial charge in [-0.2, -0.15) is 0 Å². The first-order chi connectivity index (χ1) is 6.33. The van der Waals surface area contributed by atoms with Crippen LogP contribution in [0.15, 0.2) is 27.7 Å². The van der Waals surface area contributed by atoms with Gasteiger partial charge >= 0.3 is 0 Å². The minimum absolute atomic E-state index is 1.12. The number of fused-ring (bicyclic) bond motifs is 1. The lowest BCUT2D eigenvalue weighted by atomic mass is 9.90. The molecule has 0 aliphatic heterocycles. The minimum Gasteiger partial charge on any atom is -0.292 e. The quantitative estimate of drug-likeness (QED) is 0.658. The molecule has 0 saturated heterocycles. The van der Waals surface area contributed by atoms with E-state index in [1.54, 1.807) is 0 Å². The van der Waals surface area contributed by atoms with Crippen LogP contribution in [0.3, 0.4) is 0 Å². The highest BCUT2D eigenvalue weighted by Crippen LogP contribution is 2.28. The zero-order valence-corrected chi connectivity index (χ0v) is 9.26. The number of aryl methyl sites for hydroxylation is 1. The van der Waals surface area contributed by atoms with Crippen LogP contribution < -0.4 is 0 Å². The number of aliphatic imine (C=N–C) groups is 1. The summed E-state index contributed by atoms with van der Waals surface area (Å²) in [5, 5.41) is 0. The lowest BCUT2D eigenvalue weighted by Gasteiger charge is -2.18. The monoisotopic (exact) mass is 237 g/mol. The summed E-state index contributed by atoms with van der Waals surface area (Å²) in [4.78, 5) is 4.34. The van der Waals surface area contributed by atoms with Crippen molar-refractivity contribution in [3.63, 3.8) is 0 Å². The maximum atomic E-state index is 4.34. The van der Waals surface area contributed by atoms with Crippen molar-refractivity contribution in [2.24, 2.45) is 4.99 Å². The van der Waals surface area contributed by atoms with Crippen molar-refractivity contribution in [3.8, 4) is 0 Å². The Kier molecular flexibility index (Phi) is 2.49. The number of hydrogen-bond acceptors (Lipinski definition) is 1. The first kappa shape index (κ1) is 8.95. The van der Waals surface area contributed by atoms with Crippen LogP contribution in [0, 0.1) is 0 Å². The van der Waals surface area contributed by atoms with E-state index in [1.165, 1.54) is 34.2 Å². The minimum atomic E-state index is 1.12. The van der Waals surface area contributed by atoms with Crippen molar-refractivity contribution >= 4 is 21.6 Å². The molecule has 13 heavy (non-hydrogen) atoms. The zero-order valence-electron chi connectivity index (χ0n) is 7.68. The van der Waals surface area contributed by atoms with Crippen LogP contribution in [0.4, 0.5) is 0 Å². The lowest BCUT2D eigenvalue weighted by Crippen LogP contribution is -2.12. The number of rotatable bonds is 0. The Labute approximate surface area is 87.0 Å². The van der Waals surface area contributed by atoms with Gasteiger partial charge in [-0.1, -0.05) is 28.1 Å². The van der Waals surface area contributed by atoms with Crippen LogP contribution in [0.1, 0.15) is 24.0 Å². The third-order valence-electron chi connectivity index (χ3n) is 2.52. The molecular weight excluding hydrogens is 226 g/mol. The molecule has 1 aliphatic rings. The molecule has 2 rings (SSSR count). The molecule has 0 fully saturated rings. The van der Waals surface area contributed by atoms with Crippen LogP contribution in [0.5, 0.6) is 0 Å². The van der Waals surface area contributed by atoms with E-state index < -0.39 is 0 Å². The summed E-state index contributed by atoms with van der Waals surface area (Å²) in [6.07, 6.45) is 3.54. The van der Waals surface area contributed by atoms with Gasteiger partial charge in [0.1, 0.15) is 0 Å². The Morgan fingerprint density at radius 2 is 2.15 bits per heavy atom. The Hall–Kier alpha value is -0.630. The van der Waals surface area contributed by atoms with Crippen molar-refractivity contribution < 1.29 is 0 Å². The Balaban J connectivity index is 2.60. The SMILES string of the molecule is CN=C1CCCc2cccc(Br)c21. The van der Waals surface area contributed by atoms with E-state index >= 15 is 0 Å². The molecule has 0 radical (unpaired) electrons. The predicted octanol–water partition coefficient (Wildman–Crippen LogP) is 3.20. The first-order valence-electron chi connectivity index (χ1n) is 4.56. The fourth-order valence-corrected chi connectivity index (χ4v) is 2.53. The summed E-state index contributed by atoms with van der Waals surface area (Å²) < 4.78 is 1.19. The molecule has 0 bridgehead atoms. The van der Waals surface area contributed by atoms with Crippen LogP contribution in [-0.4, -0.2) is 12.8 Å². The van der Waals surface area contributed by atoms with Crippen molar-refractivity contribution in [1.82, 2.24) is 0 Å². The van der Waals surface area contributed by atoms with Gasteiger partial charge in [0, 0.05) is 22.8 Å². The fraction of sp³-hybridized carbons (Fsp3) is 0.364. The van der Waals surface area contributed by atoms with Crippen LogP contribution >= 0.6 is 15.9 Å². The van der Waals surface area contributed by atoms with Gasteiger partial charge in [0.15, 0.2) is 0 Å². The van der Waals surface area contributed by atoms with E-state index in [9.17, 15) is 0 Å². The average molecular weight is 238 g/mol. The maximum absolute atomic E-state index is 4.34. The average Bonchev–Trinajstić information content (AvgIpc) is 2.17. The second-order valence-electron chi connectivity index (χ2n) is 3.30. The third kappa shape index (κ3) is 1.55. The van der Waals surface area contributed by atoms with E-state index in [0.29, 0.717) is 0 Å². The predicted molar refractivity (Wildman–Crippen MR) is 59.5 cm³/mol. The van der Waals surface area contributed by atoms with E-state index in [4.69, 9.17) is 0 Å². The van der Waals surface area contributed by atoms with Gasteiger partial charge < -0.3 is 0 Å². The molecule has 68 valence electrons. The summed E-state index contributed by atoms with van der Waals surface area (Å²) in [6.45, 7) is 0. The Morgan fingerprint density at radius 1 is 1.31 bits per heavy atom. The van der Waals surface area contributed by atoms with Crippen LogP contribution in [-0.2, 0) is 6.42 Å². The molecule has 1 nitrogen and oxygen atoms in total. The highest BCUT2D eigenvalue weighted by Gasteiger charge is 2.16. The van der Waals surface area contributed by atoms with Gasteiger partial charge in [-0.05, 0) is 30.9 Å². The fourth-order valence-electron chi connectivity index (χ4n) is 1.90. The van der Waals surface area contributed by atoms with E-state index in [1.807, 2.05) is 7.05 Å². The van der Waals surface area contributed by atoms with E-state index in [2.05, 4.69) is 39.1 Å². The molecule has 2 heteroatoms. The highest BCUT2D eigenvalue weighted by atomic mass is 79.9. The number of hydrogen-bond donors (Lipinski definition) is 0.